The third-order valence-electron chi connectivity index (χ3n) is 5.49. The van der Waals surface area contributed by atoms with Gasteiger partial charge in [0, 0.05) is 37.8 Å². The predicted molar refractivity (Wildman–Crippen MR) is 112 cm³/mol. The van der Waals surface area contributed by atoms with Crippen LogP contribution in [0.4, 0.5) is 14.7 Å². The van der Waals surface area contributed by atoms with Crippen LogP contribution in [-0.4, -0.2) is 56.2 Å². The Morgan fingerprint density at radius 3 is 2.81 bits per heavy atom. The van der Waals surface area contributed by atoms with Crippen LogP contribution in [0.1, 0.15) is 31.5 Å². The fourth-order valence-corrected chi connectivity index (χ4v) is 3.84. The summed E-state index contributed by atoms with van der Waals surface area (Å²) < 4.78 is 29.3. The van der Waals surface area contributed by atoms with Crippen LogP contribution in [0.25, 0.3) is 16.6 Å². The number of fused-ring (bicyclic) bond motifs is 3. The van der Waals surface area contributed by atoms with Gasteiger partial charge in [-0.15, -0.1) is 5.10 Å². The number of amides is 1. The van der Waals surface area contributed by atoms with Gasteiger partial charge >= 0.3 is 0 Å². The van der Waals surface area contributed by atoms with Crippen LogP contribution in [0.15, 0.2) is 28.9 Å². The summed E-state index contributed by atoms with van der Waals surface area (Å²) in [6.45, 7) is 2.30. The Morgan fingerprint density at radius 1 is 1.29 bits per heavy atom. The molecule has 0 spiro atoms. The van der Waals surface area contributed by atoms with Crippen LogP contribution in [0.2, 0.25) is 0 Å². The second-order valence-corrected chi connectivity index (χ2v) is 7.57. The smallest absolute Gasteiger partial charge is 0.270 e. The molecule has 3 heterocycles. The summed E-state index contributed by atoms with van der Waals surface area (Å²) in [6, 6.07) is 1.88. The van der Waals surface area contributed by atoms with E-state index in [1.165, 1.54) is 16.8 Å². The zero-order valence-corrected chi connectivity index (χ0v) is 17.1. The Morgan fingerprint density at radius 2 is 2.06 bits per heavy atom. The summed E-state index contributed by atoms with van der Waals surface area (Å²) >= 11 is 0. The number of rotatable bonds is 3. The Bertz CT molecular complexity index is 1240. The number of nitrogen functional groups attached to an aromatic ring is 1. The molecular formula is C20H22F2N8O. The highest BCUT2D eigenvalue weighted by Crippen LogP contribution is 2.31. The maximum atomic E-state index is 14.2. The minimum Gasteiger partial charge on any atom is -0.394 e. The first-order chi connectivity index (χ1) is 14.8. The van der Waals surface area contributed by atoms with Crippen molar-refractivity contribution in [1.29, 1.82) is 0 Å². The van der Waals surface area contributed by atoms with Gasteiger partial charge < -0.3 is 16.4 Å². The van der Waals surface area contributed by atoms with E-state index in [-0.39, 0.29) is 46.1 Å². The van der Waals surface area contributed by atoms with Crippen LogP contribution in [0, 0.1) is 11.6 Å². The van der Waals surface area contributed by atoms with Gasteiger partial charge in [0.1, 0.15) is 11.3 Å². The molecule has 1 amide bonds. The Balaban J connectivity index is 1.72. The van der Waals surface area contributed by atoms with Crippen molar-refractivity contribution in [3.8, 4) is 0 Å². The number of benzene rings is 1. The predicted octanol–water partition coefficient (Wildman–Crippen LogP) is 1.78. The fraction of sp³-hybridized carbons (Fsp3) is 0.350. The summed E-state index contributed by atoms with van der Waals surface area (Å²) in [5.74, 6) is -1.70. The summed E-state index contributed by atoms with van der Waals surface area (Å²) in [4.78, 5) is 26.8. The normalized spacial score (nSPS) is 20.3. The molecule has 3 aromatic rings. The number of aliphatic imine (C=N–C) groups is 1. The zero-order chi connectivity index (χ0) is 22.3. The third-order valence-corrected chi connectivity index (χ3v) is 5.49. The Hall–Kier alpha value is -3.63. The first-order valence-electron chi connectivity index (χ1n) is 9.80. The van der Waals surface area contributed by atoms with E-state index in [0.29, 0.717) is 12.4 Å². The van der Waals surface area contributed by atoms with E-state index in [0.717, 1.165) is 25.0 Å². The highest BCUT2D eigenvalue weighted by molar-refractivity contribution is 5.96. The molecule has 2 aromatic heterocycles. The lowest BCUT2D eigenvalue weighted by molar-refractivity contribution is -0.130. The van der Waals surface area contributed by atoms with Crippen molar-refractivity contribution >= 4 is 34.6 Å². The van der Waals surface area contributed by atoms with Crippen molar-refractivity contribution in [2.75, 3.05) is 19.3 Å². The quantitative estimate of drug-likeness (QED) is 0.483. The SMILES string of the molecule is CN=C/C=C(\N)C(=O)N1C[C@H](c2nc3c4cc(F)cc(F)c4nc(N)n3n2)CC[C@@H]1C. The molecule has 1 aromatic carbocycles. The number of anilines is 1. The molecule has 1 saturated heterocycles. The van der Waals surface area contributed by atoms with Crippen molar-refractivity contribution in [3.63, 3.8) is 0 Å². The minimum absolute atomic E-state index is 0.0120. The molecule has 162 valence electrons. The summed E-state index contributed by atoms with van der Waals surface area (Å²) in [5, 5.41) is 4.60. The molecule has 0 unspecified atom stereocenters. The number of hydrogen-bond acceptors (Lipinski definition) is 7. The Kier molecular flexibility index (Phi) is 5.25. The number of aromatic nitrogens is 4. The van der Waals surface area contributed by atoms with Crippen LogP contribution in [0.3, 0.4) is 0 Å². The number of piperidine rings is 1. The fourth-order valence-electron chi connectivity index (χ4n) is 3.84. The molecule has 11 heteroatoms. The highest BCUT2D eigenvalue weighted by atomic mass is 19.1. The highest BCUT2D eigenvalue weighted by Gasteiger charge is 2.33. The van der Waals surface area contributed by atoms with Crippen molar-refractivity contribution in [1.82, 2.24) is 24.5 Å². The van der Waals surface area contributed by atoms with E-state index in [4.69, 9.17) is 11.5 Å². The number of carbonyl (C=O) groups excluding carboxylic acids is 1. The number of carbonyl (C=O) groups is 1. The molecule has 0 radical (unpaired) electrons. The van der Waals surface area contributed by atoms with Gasteiger partial charge in [-0.1, -0.05) is 0 Å². The number of hydrogen-bond donors (Lipinski definition) is 2. The molecule has 0 saturated carbocycles. The topological polar surface area (TPSA) is 128 Å². The molecule has 1 fully saturated rings. The molecule has 0 aliphatic carbocycles. The van der Waals surface area contributed by atoms with Gasteiger partial charge in [0.15, 0.2) is 17.3 Å². The van der Waals surface area contributed by atoms with Crippen molar-refractivity contribution in [2.45, 2.75) is 31.7 Å². The maximum absolute atomic E-state index is 14.2. The van der Waals surface area contributed by atoms with Gasteiger partial charge in [0.2, 0.25) is 5.95 Å². The monoisotopic (exact) mass is 428 g/mol. The first-order valence-corrected chi connectivity index (χ1v) is 9.80. The van der Waals surface area contributed by atoms with Crippen molar-refractivity contribution < 1.29 is 13.6 Å². The average Bonchev–Trinajstić information content (AvgIpc) is 3.19. The number of likely N-dealkylation sites (tertiary alicyclic amines) is 1. The number of nitrogens with zero attached hydrogens (tertiary/aromatic N) is 6. The lowest BCUT2D eigenvalue weighted by Crippen LogP contribution is -2.46. The maximum Gasteiger partial charge on any atom is 0.270 e. The van der Waals surface area contributed by atoms with Gasteiger partial charge in [-0.25, -0.2) is 18.7 Å². The summed E-state index contributed by atoms with van der Waals surface area (Å²) in [6.07, 6.45) is 4.38. The van der Waals surface area contributed by atoms with Crippen molar-refractivity contribution in [3.05, 3.63) is 41.4 Å². The lowest BCUT2D eigenvalue weighted by Gasteiger charge is -2.37. The van der Waals surface area contributed by atoms with Crippen LogP contribution in [0.5, 0.6) is 0 Å². The number of allylic oxidation sites excluding steroid dienone is 1. The molecule has 1 aliphatic rings. The second-order valence-electron chi connectivity index (χ2n) is 7.57. The lowest BCUT2D eigenvalue weighted by atomic mass is 9.92. The molecule has 4 N–H and O–H groups in total. The van der Waals surface area contributed by atoms with E-state index >= 15 is 0 Å². The van der Waals surface area contributed by atoms with Gasteiger partial charge in [-0.05, 0) is 31.9 Å². The van der Waals surface area contributed by atoms with Gasteiger partial charge in [0.05, 0.1) is 11.1 Å². The van der Waals surface area contributed by atoms with E-state index in [9.17, 15) is 13.6 Å². The van der Waals surface area contributed by atoms with Gasteiger partial charge in [0.25, 0.3) is 5.91 Å². The Labute approximate surface area is 176 Å². The van der Waals surface area contributed by atoms with Crippen LogP contribution >= 0.6 is 0 Å². The molecule has 0 bridgehead atoms. The van der Waals surface area contributed by atoms with Crippen molar-refractivity contribution in [2.24, 2.45) is 10.7 Å². The van der Waals surface area contributed by atoms with Crippen LogP contribution < -0.4 is 11.5 Å². The molecule has 4 rings (SSSR count). The van der Waals surface area contributed by atoms with E-state index in [1.54, 1.807) is 11.9 Å². The summed E-state index contributed by atoms with van der Waals surface area (Å²) in [7, 11) is 1.59. The average molecular weight is 428 g/mol. The molecular weight excluding hydrogens is 406 g/mol. The molecule has 31 heavy (non-hydrogen) atoms. The van der Waals surface area contributed by atoms with Gasteiger partial charge in [-0.3, -0.25) is 9.79 Å². The third kappa shape index (κ3) is 3.66. The van der Waals surface area contributed by atoms with E-state index < -0.39 is 11.6 Å². The molecule has 9 nitrogen and oxygen atoms in total. The molecule has 1 aliphatic heterocycles. The van der Waals surface area contributed by atoms with E-state index in [1.807, 2.05) is 6.92 Å². The van der Waals surface area contributed by atoms with E-state index in [2.05, 4.69) is 20.1 Å². The number of halogens is 2. The molecule has 2 atom stereocenters. The largest absolute Gasteiger partial charge is 0.394 e. The summed E-state index contributed by atoms with van der Waals surface area (Å²) in [5.41, 5.74) is 12.1. The number of nitrogens with two attached hydrogens (primary N) is 2. The minimum atomic E-state index is -0.824. The first kappa shape index (κ1) is 20.6. The zero-order valence-electron chi connectivity index (χ0n) is 17.1. The van der Waals surface area contributed by atoms with Gasteiger partial charge in [-0.2, -0.15) is 4.52 Å². The van der Waals surface area contributed by atoms with Crippen LogP contribution in [-0.2, 0) is 4.79 Å². The standard InChI is InChI=1S/C20H22F2N8O/c1-10-3-4-11(9-29(10)19(31)15(23)5-6-25-2)17-27-18-13-7-12(21)8-14(22)16(13)26-20(24)30(18)28-17/h5-8,10-11H,3-4,9,23H2,1-2H3,(H2,24,26)/b15-5-,25-6?/t10-,11+/m0/s1. The second kappa shape index (κ2) is 7.89.